The molecule has 128 valence electrons. The Morgan fingerprint density at radius 2 is 1.92 bits per heavy atom. The van der Waals surface area contributed by atoms with Crippen LogP contribution in [0.1, 0.15) is 10.4 Å². The lowest BCUT2D eigenvalue weighted by molar-refractivity contribution is 0.0746. The van der Waals surface area contributed by atoms with Gasteiger partial charge in [-0.05, 0) is 36.4 Å². The molecule has 3 aromatic rings. The number of fused-ring (bicyclic) bond motifs is 1. The molecule has 1 aromatic heterocycles. The summed E-state index contributed by atoms with van der Waals surface area (Å²) in [5.74, 6) is -0.195. The van der Waals surface area contributed by atoms with E-state index in [9.17, 15) is 9.18 Å². The van der Waals surface area contributed by atoms with Crippen LogP contribution < -0.4 is 4.90 Å². The van der Waals surface area contributed by atoms with E-state index in [1.165, 1.54) is 23.5 Å². The second kappa shape index (κ2) is 6.72. The molecule has 2 heterocycles. The van der Waals surface area contributed by atoms with Crippen molar-refractivity contribution < 1.29 is 9.18 Å². The van der Waals surface area contributed by atoms with E-state index >= 15 is 0 Å². The van der Waals surface area contributed by atoms with E-state index in [0.29, 0.717) is 18.7 Å². The van der Waals surface area contributed by atoms with Crippen molar-refractivity contribution >= 4 is 48.5 Å². The van der Waals surface area contributed by atoms with Crippen molar-refractivity contribution in [1.82, 2.24) is 9.88 Å². The fourth-order valence-corrected chi connectivity index (χ4v) is 4.37. The number of hydrogen-bond acceptors (Lipinski definition) is 4. The highest BCUT2D eigenvalue weighted by Crippen LogP contribution is 2.30. The molecule has 1 amide bonds. The summed E-state index contributed by atoms with van der Waals surface area (Å²) in [6.07, 6.45) is 0. The molecule has 0 unspecified atom stereocenters. The van der Waals surface area contributed by atoms with E-state index in [0.717, 1.165) is 32.9 Å². The Bertz CT molecular complexity index is 937. The number of hydrogen-bond donors (Lipinski definition) is 0. The van der Waals surface area contributed by atoms with Crippen molar-refractivity contribution in [2.24, 2.45) is 0 Å². The number of halogens is 2. The lowest BCUT2D eigenvalue weighted by Crippen LogP contribution is -2.48. The summed E-state index contributed by atoms with van der Waals surface area (Å²) < 4.78 is 15.1. The van der Waals surface area contributed by atoms with Gasteiger partial charge in [0.15, 0.2) is 5.13 Å². The lowest BCUT2D eigenvalue weighted by Gasteiger charge is -2.34. The van der Waals surface area contributed by atoms with Crippen molar-refractivity contribution in [2.75, 3.05) is 31.1 Å². The van der Waals surface area contributed by atoms with Gasteiger partial charge in [-0.1, -0.05) is 33.3 Å². The number of rotatable bonds is 2. The molecule has 0 atom stereocenters. The molecule has 1 aliphatic heterocycles. The molecule has 0 spiro atoms. The number of nitrogens with zero attached hydrogens (tertiary/aromatic N) is 3. The van der Waals surface area contributed by atoms with Crippen molar-refractivity contribution in [2.45, 2.75) is 0 Å². The third kappa shape index (κ3) is 3.39. The predicted octanol–water partition coefficient (Wildman–Crippen LogP) is 4.16. The van der Waals surface area contributed by atoms with Gasteiger partial charge in [-0.3, -0.25) is 4.79 Å². The minimum atomic E-state index is -0.243. The predicted molar refractivity (Wildman–Crippen MR) is 102 cm³/mol. The van der Waals surface area contributed by atoms with Crippen LogP contribution in [0, 0.1) is 5.82 Å². The fourth-order valence-electron chi connectivity index (χ4n) is 2.93. The molecule has 0 aliphatic carbocycles. The minimum Gasteiger partial charge on any atom is -0.345 e. The Balaban J connectivity index is 1.46. The average molecular weight is 420 g/mol. The van der Waals surface area contributed by atoms with E-state index in [4.69, 9.17) is 0 Å². The topological polar surface area (TPSA) is 36.4 Å². The van der Waals surface area contributed by atoms with Gasteiger partial charge in [0.1, 0.15) is 5.82 Å². The van der Waals surface area contributed by atoms with E-state index < -0.39 is 0 Å². The number of anilines is 1. The van der Waals surface area contributed by atoms with Crippen LogP contribution in [0.5, 0.6) is 0 Å². The lowest BCUT2D eigenvalue weighted by atomic mass is 10.2. The number of piperazine rings is 1. The van der Waals surface area contributed by atoms with Gasteiger partial charge in [-0.25, -0.2) is 9.37 Å². The zero-order chi connectivity index (χ0) is 17.4. The summed E-state index contributed by atoms with van der Waals surface area (Å²) in [5.41, 5.74) is 1.51. The second-order valence-electron chi connectivity index (χ2n) is 5.90. The molecule has 25 heavy (non-hydrogen) atoms. The van der Waals surface area contributed by atoms with E-state index in [-0.39, 0.29) is 11.7 Å². The number of aromatic nitrogens is 1. The molecule has 2 aromatic carbocycles. The first kappa shape index (κ1) is 16.5. The van der Waals surface area contributed by atoms with Crippen LogP contribution in [0.2, 0.25) is 0 Å². The summed E-state index contributed by atoms with van der Waals surface area (Å²) in [6.45, 7) is 2.75. The third-order valence-electron chi connectivity index (χ3n) is 4.25. The first-order valence-corrected chi connectivity index (χ1v) is 9.57. The molecule has 7 heteroatoms. The van der Waals surface area contributed by atoms with Crippen LogP contribution in [0.25, 0.3) is 10.2 Å². The van der Waals surface area contributed by atoms with Gasteiger partial charge in [0.2, 0.25) is 0 Å². The normalized spacial score (nSPS) is 15.0. The number of benzene rings is 2. The van der Waals surface area contributed by atoms with Crippen LogP contribution in [0.3, 0.4) is 0 Å². The van der Waals surface area contributed by atoms with Gasteiger partial charge < -0.3 is 9.80 Å². The molecular weight excluding hydrogens is 405 g/mol. The Labute approximate surface area is 157 Å². The SMILES string of the molecule is O=C(c1cccc(Br)c1)N1CCN(c2nc3ccc(F)cc3s2)CC1. The molecular formula is C18H15BrFN3OS. The van der Waals surface area contributed by atoms with Crippen LogP contribution >= 0.6 is 27.3 Å². The summed E-state index contributed by atoms with van der Waals surface area (Å²) in [6, 6.07) is 12.1. The van der Waals surface area contributed by atoms with Crippen LogP contribution in [-0.4, -0.2) is 42.0 Å². The first-order chi connectivity index (χ1) is 12.1. The smallest absolute Gasteiger partial charge is 0.254 e. The highest BCUT2D eigenvalue weighted by molar-refractivity contribution is 9.10. The highest BCUT2D eigenvalue weighted by atomic mass is 79.9. The number of carbonyl (C=O) groups excluding carboxylic acids is 1. The first-order valence-electron chi connectivity index (χ1n) is 7.96. The van der Waals surface area contributed by atoms with Crippen molar-refractivity contribution in [1.29, 1.82) is 0 Å². The molecule has 0 radical (unpaired) electrons. The molecule has 0 bridgehead atoms. The van der Waals surface area contributed by atoms with Crippen LogP contribution in [0.15, 0.2) is 46.9 Å². The zero-order valence-corrected chi connectivity index (χ0v) is 15.7. The van der Waals surface area contributed by atoms with Gasteiger partial charge in [0.05, 0.1) is 10.2 Å². The summed E-state index contributed by atoms with van der Waals surface area (Å²) >= 11 is 4.89. The van der Waals surface area contributed by atoms with Gasteiger partial charge >= 0.3 is 0 Å². The third-order valence-corrected chi connectivity index (χ3v) is 5.82. The van der Waals surface area contributed by atoms with Crippen LogP contribution in [-0.2, 0) is 0 Å². The molecule has 4 rings (SSSR count). The molecule has 4 nitrogen and oxygen atoms in total. The summed E-state index contributed by atoms with van der Waals surface area (Å²) in [4.78, 5) is 21.2. The number of thiazole rings is 1. The standard InChI is InChI=1S/C18H15BrFN3OS/c19-13-3-1-2-12(10-13)17(24)22-6-8-23(9-7-22)18-21-15-5-4-14(20)11-16(15)25-18/h1-5,10-11H,6-9H2. The maximum Gasteiger partial charge on any atom is 0.254 e. The maximum absolute atomic E-state index is 13.3. The maximum atomic E-state index is 13.3. The van der Waals surface area contributed by atoms with Crippen molar-refractivity contribution in [3.8, 4) is 0 Å². The monoisotopic (exact) mass is 419 g/mol. The molecule has 0 N–H and O–H groups in total. The molecule has 1 fully saturated rings. The van der Waals surface area contributed by atoms with Crippen LogP contribution in [0.4, 0.5) is 9.52 Å². The van der Waals surface area contributed by atoms with Gasteiger partial charge in [-0.2, -0.15) is 0 Å². The Morgan fingerprint density at radius 1 is 1.12 bits per heavy atom. The van der Waals surface area contributed by atoms with Gasteiger partial charge in [-0.15, -0.1) is 0 Å². The highest BCUT2D eigenvalue weighted by Gasteiger charge is 2.24. The fraction of sp³-hybridized carbons (Fsp3) is 0.222. The van der Waals surface area contributed by atoms with Gasteiger partial charge in [0, 0.05) is 36.2 Å². The largest absolute Gasteiger partial charge is 0.345 e. The second-order valence-corrected chi connectivity index (χ2v) is 7.82. The summed E-state index contributed by atoms with van der Waals surface area (Å²) in [7, 11) is 0. The van der Waals surface area contributed by atoms with Crippen molar-refractivity contribution in [3.63, 3.8) is 0 Å². The van der Waals surface area contributed by atoms with Gasteiger partial charge in [0.25, 0.3) is 5.91 Å². The van der Waals surface area contributed by atoms with Crippen molar-refractivity contribution in [3.05, 3.63) is 58.3 Å². The number of carbonyl (C=O) groups is 1. The zero-order valence-electron chi connectivity index (χ0n) is 13.3. The quantitative estimate of drug-likeness (QED) is 0.625. The van der Waals surface area contributed by atoms with E-state index in [2.05, 4.69) is 25.8 Å². The molecule has 1 saturated heterocycles. The number of amides is 1. The van der Waals surface area contributed by atoms with E-state index in [1.54, 1.807) is 6.07 Å². The Hall–Kier alpha value is -1.99. The van der Waals surface area contributed by atoms with E-state index in [1.807, 2.05) is 29.2 Å². The minimum absolute atomic E-state index is 0.0484. The Kier molecular flexibility index (Phi) is 4.43. The summed E-state index contributed by atoms with van der Waals surface area (Å²) in [5, 5.41) is 0.884. The molecule has 1 aliphatic rings. The average Bonchev–Trinajstić information content (AvgIpc) is 3.04. The molecule has 0 saturated carbocycles. The Morgan fingerprint density at radius 3 is 2.68 bits per heavy atom.